The fraction of sp³-hybridized carbons (Fsp3) is 0.0588. The highest BCUT2D eigenvalue weighted by atomic mass is 19.3. The number of carbonyl (C=O) groups is 1. The van der Waals surface area contributed by atoms with Gasteiger partial charge in [-0.3, -0.25) is 4.79 Å². The standard InChI is InChI=1S/C17H11F3N2O2/c18-13-3-5-14(6-4-13)22-8-7-15(21-22)11-1-2-12(10-23)16(9-11)24-17(19)20/h1-10,17H. The van der Waals surface area contributed by atoms with Gasteiger partial charge in [-0.15, -0.1) is 0 Å². The molecule has 122 valence electrons. The monoisotopic (exact) mass is 332 g/mol. The van der Waals surface area contributed by atoms with Crippen LogP contribution < -0.4 is 4.74 Å². The second kappa shape index (κ2) is 6.57. The molecule has 0 spiro atoms. The van der Waals surface area contributed by atoms with E-state index >= 15 is 0 Å². The maximum absolute atomic E-state index is 13.0. The Morgan fingerprint density at radius 2 is 1.83 bits per heavy atom. The van der Waals surface area contributed by atoms with Crippen molar-refractivity contribution in [3.8, 4) is 22.7 Å². The van der Waals surface area contributed by atoms with Crippen LogP contribution in [0.2, 0.25) is 0 Å². The van der Waals surface area contributed by atoms with Gasteiger partial charge >= 0.3 is 6.61 Å². The molecule has 2 aromatic carbocycles. The largest absolute Gasteiger partial charge is 0.434 e. The number of alkyl halides is 2. The van der Waals surface area contributed by atoms with Crippen molar-refractivity contribution in [3.05, 3.63) is 66.1 Å². The van der Waals surface area contributed by atoms with Gasteiger partial charge in [0.05, 0.1) is 16.9 Å². The zero-order chi connectivity index (χ0) is 17.1. The molecule has 24 heavy (non-hydrogen) atoms. The third kappa shape index (κ3) is 3.29. The molecule has 0 unspecified atom stereocenters. The van der Waals surface area contributed by atoms with Crippen LogP contribution in [-0.2, 0) is 0 Å². The van der Waals surface area contributed by atoms with E-state index in [-0.39, 0.29) is 17.1 Å². The SMILES string of the molecule is O=Cc1ccc(-c2ccn(-c3ccc(F)cc3)n2)cc1OC(F)F. The summed E-state index contributed by atoms with van der Waals surface area (Å²) in [5.41, 5.74) is 1.68. The predicted molar refractivity (Wildman–Crippen MR) is 81.0 cm³/mol. The first-order valence-corrected chi connectivity index (χ1v) is 6.93. The molecule has 0 aliphatic rings. The van der Waals surface area contributed by atoms with Gasteiger partial charge < -0.3 is 4.74 Å². The molecule has 0 fully saturated rings. The van der Waals surface area contributed by atoms with Gasteiger partial charge in [0.25, 0.3) is 0 Å². The highest BCUT2D eigenvalue weighted by Crippen LogP contribution is 2.27. The van der Waals surface area contributed by atoms with E-state index in [1.165, 1.54) is 28.9 Å². The Morgan fingerprint density at radius 1 is 1.08 bits per heavy atom. The molecular formula is C17H11F3N2O2. The average Bonchev–Trinajstić information content (AvgIpc) is 3.05. The summed E-state index contributed by atoms with van der Waals surface area (Å²) in [5, 5.41) is 4.32. The Bertz CT molecular complexity index is 861. The number of rotatable bonds is 5. The lowest BCUT2D eigenvalue weighted by Gasteiger charge is -2.08. The minimum Gasteiger partial charge on any atom is -0.434 e. The van der Waals surface area contributed by atoms with Crippen molar-refractivity contribution in [2.75, 3.05) is 0 Å². The first-order chi connectivity index (χ1) is 11.6. The van der Waals surface area contributed by atoms with Crippen LogP contribution in [0.4, 0.5) is 13.2 Å². The van der Waals surface area contributed by atoms with Gasteiger partial charge in [0.1, 0.15) is 11.6 Å². The van der Waals surface area contributed by atoms with Crippen LogP contribution in [0.1, 0.15) is 10.4 Å². The van der Waals surface area contributed by atoms with Crippen LogP contribution in [0.5, 0.6) is 5.75 Å². The van der Waals surface area contributed by atoms with Crippen LogP contribution >= 0.6 is 0 Å². The molecule has 0 amide bonds. The summed E-state index contributed by atoms with van der Waals surface area (Å²) < 4.78 is 43.7. The maximum atomic E-state index is 13.0. The normalized spacial score (nSPS) is 10.8. The second-order valence-corrected chi connectivity index (χ2v) is 4.87. The van der Waals surface area contributed by atoms with Gasteiger partial charge in [0.2, 0.25) is 0 Å². The molecule has 0 aliphatic carbocycles. The molecule has 0 saturated carbocycles. The maximum Gasteiger partial charge on any atom is 0.387 e. The summed E-state index contributed by atoms with van der Waals surface area (Å²) in [6, 6.07) is 11.7. The van der Waals surface area contributed by atoms with E-state index in [4.69, 9.17) is 0 Å². The Kier molecular flexibility index (Phi) is 4.33. The van der Waals surface area contributed by atoms with Crippen molar-refractivity contribution >= 4 is 6.29 Å². The quantitative estimate of drug-likeness (QED) is 0.661. The number of ether oxygens (including phenoxy) is 1. The Balaban J connectivity index is 1.95. The Morgan fingerprint density at radius 3 is 2.50 bits per heavy atom. The van der Waals surface area contributed by atoms with E-state index in [9.17, 15) is 18.0 Å². The van der Waals surface area contributed by atoms with Crippen molar-refractivity contribution < 1.29 is 22.7 Å². The topological polar surface area (TPSA) is 44.1 Å². The van der Waals surface area contributed by atoms with Crippen LogP contribution in [0.25, 0.3) is 16.9 Å². The fourth-order valence-corrected chi connectivity index (χ4v) is 2.20. The molecule has 1 heterocycles. The molecule has 4 nitrogen and oxygen atoms in total. The summed E-state index contributed by atoms with van der Waals surface area (Å²) in [6.07, 6.45) is 2.10. The molecule has 7 heteroatoms. The molecule has 0 atom stereocenters. The third-order valence-electron chi connectivity index (χ3n) is 3.33. The van der Waals surface area contributed by atoms with Gasteiger partial charge in [-0.05, 0) is 42.5 Å². The van der Waals surface area contributed by atoms with Gasteiger partial charge in [-0.2, -0.15) is 13.9 Å². The smallest absolute Gasteiger partial charge is 0.387 e. The van der Waals surface area contributed by atoms with Crippen LogP contribution in [-0.4, -0.2) is 22.7 Å². The summed E-state index contributed by atoms with van der Waals surface area (Å²) >= 11 is 0. The van der Waals surface area contributed by atoms with E-state index in [0.29, 0.717) is 23.2 Å². The number of aromatic nitrogens is 2. The number of hydrogen-bond acceptors (Lipinski definition) is 3. The molecule has 0 aliphatic heterocycles. The Hall–Kier alpha value is -3.09. The van der Waals surface area contributed by atoms with E-state index in [0.717, 1.165) is 0 Å². The summed E-state index contributed by atoms with van der Waals surface area (Å²) in [5.74, 6) is -0.571. The second-order valence-electron chi connectivity index (χ2n) is 4.87. The number of nitrogens with zero attached hydrogens (tertiary/aromatic N) is 2. The molecule has 0 bridgehead atoms. The lowest BCUT2D eigenvalue weighted by Crippen LogP contribution is -2.04. The van der Waals surface area contributed by atoms with Crippen molar-refractivity contribution in [2.45, 2.75) is 6.61 Å². The van der Waals surface area contributed by atoms with Crippen LogP contribution in [0.3, 0.4) is 0 Å². The molecule has 0 saturated heterocycles. The lowest BCUT2D eigenvalue weighted by molar-refractivity contribution is -0.0500. The number of aldehydes is 1. The first kappa shape index (κ1) is 15.8. The zero-order valence-corrected chi connectivity index (χ0v) is 12.2. The van der Waals surface area contributed by atoms with E-state index in [1.54, 1.807) is 30.5 Å². The fourth-order valence-electron chi connectivity index (χ4n) is 2.20. The van der Waals surface area contributed by atoms with Crippen molar-refractivity contribution in [1.82, 2.24) is 9.78 Å². The zero-order valence-electron chi connectivity index (χ0n) is 12.2. The van der Waals surface area contributed by atoms with Crippen molar-refractivity contribution in [3.63, 3.8) is 0 Å². The molecule has 1 aromatic heterocycles. The number of halogens is 3. The van der Waals surface area contributed by atoms with Crippen LogP contribution in [0.15, 0.2) is 54.7 Å². The molecule has 3 rings (SSSR count). The van der Waals surface area contributed by atoms with Crippen LogP contribution in [0, 0.1) is 5.82 Å². The first-order valence-electron chi connectivity index (χ1n) is 6.93. The van der Waals surface area contributed by atoms with Crippen molar-refractivity contribution in [2.24, 2.45) is 0 Å². The molecule has 0 radical (unpaired) electrons. The van der Waals surface area contributed by atoms with E-state index in [2.05, 4.69) is 9.84 Å². The van der Waals surface area contributed by atoms with E-state index < -0.39 is 6.61 Å². The highest BCUT2D eigenvalue weighted by Gasteiger charge is 2.12. The lowest BCUT2D eigenvalue weighted by atomic mass is 10.1. The Labute approximate surface area is 135 Å². The van der Waals surface area contributed by atoms with Gasteiger partial charge in [-0.25, -0.2) is 9.07 Å². The minimum atomic E-state index is -3.03. The average molecular weight is 332 g/mol. The summed E-state index contributed by atoms with van der Waals surface area (Å²) in [4.78, 5) is 10.9. The summed E-state index contributed by atoms with van der Waals surface area (Å²) in [6.45, 7) is -3.03. The van der Waals surface area contributed by atoms with Gasteiger partial charge in [0, 0.05) is 11.8 Å². The van der Waals surface area contributed by atoms with Gasteiger partial charge in [-0.1, -0.05) is 6.07 Å². The van der Waals surface area contributed by atoms with Gasteiger partial charge in [0.15, 0.2) is 6.29 Å². The number of hydrogen-bond donors (Lipinski definition) is 0. The summed E-state index contributed by atoms with van der Waals surface area (Å²) in [7, 11) is 0. The minimum absolute atomic E-state index is 0.0250. The number of carbonyl (C=O) groups excluding carboxylic acids is 1. The number of benzene rings is 2. The predicted octanol–water partition coefficient (Wildman–Crippen LogP) is 4.09. The molecule has 3 aromatic rings. The molecule has 0 N–H and O–H groups in total. The molecular weight excluding hydrogens is 321 g/mol. The van der Waals surface area contributed by atoms with Crippen molar-refractivity contribution in [1.29, 1.82) is 0 Å². The van der Waals surface area contributed by atoms with E-state index in [1.807, 2.05) is 0 Å². The highest BCUT2D eigenvalue weighted by molar-refractivity contribution is 5.81. The third-order valence-corrected chi connectivity index (χ3v) is 3.33.